The molecule has 0 saturated carbocycles. The molecule has 0 bridgehead atoms. The summed E-state index contributed by atoms with van der Waals surface area (Å²) in [7, 11) is 0. The molecule has 0 spiro atoms. The third kappa shape index (κ3) is 4.57. The molecule has 1 amide bonds. The van der Waals surface area contributed by atoms with Crippen molar-refractivity contribution in [2.24, 2.45) is 5.92 Å². The van der Waals surface area contributed by atoms with Crippen LogP contribution >= 0.6 is 11.6 Å². The molecule has 1 N–H and O–H groups in total. The van der Waals surface area contributed by atoms with Crippen molar-refractivity contribution in [3.05, 3.63) is 71.3 Å². The normalized spacial score (nSPS) is 14.6. The lowest BCUT2D eigenvalue weighted by molar-refractivity contribution is -0.120. The minimum absolute atomic E-state index is 0.133. The van der Waals surface area contributed by atoms with Gasteiger partial charge in [0.2, 0.25) is 5.91 Å². The van der Waals surface area contributed by atoms with Gasteiger partial charge in [-0.2, -0.15) is 0 Å². The summed E-state index contributed by atoms with van der Waals surface area (Å²) in [5.41, 5.74) is 1.55. The highest BCUT2D eigenvalue weighted by atomic mass is 35.5. The largest absolute Gasteiger partial charge is 0.355 e. The lowest BCUT2D eigenvalue weighted by atomic mass is 9.95. The van der Waals surface area contributed by atoms with Crippen LogP contribution < -0.4 is 10.2 Å². The van der Waals surface area contributed by atoms with Crippen molar-refractivity contribution in [1.82, 2.24) is 10.2 Å². The van der Waals surface area contributed by atoms with E-state index in [1.165, 1.54) is 0 Å². The molecule has 1 aromatic heterocycles. The minimum Gasteiger partial charge on any atom is -0.355 e. The lowest BCUT2D eigenvalue weighted by Gasteiger charge is -2.31. The van der Waals surface area contributed by atoms with Gasteiger partial charge in [-0.05, 0) is 49.2 Å². The van der Waals surface area contributed by atoms with Crippen molar-refractivity contribution in [2.75, 3.05) is 23.3 Å². The molecule has 30 heavy (non-hydrogen) atoms. The van der Waals surface area contributed by atoms with Crippen LogP contribution in [-0.2, 0) is 4.79 Å². The molecule has 1 saturated heterocycles. The molecule has 4 rings (SSSR count). The van der Waals surface area contributed by atoms with Crippen LogP contribution in [0.4, 0.5) is 20.3 Å². The zero-order valence-corrected chi connectivity index (χ0v) is 16.7. The van der Waals surface area contributed by atoms with Gasteiger partial charge in [-0.15, -0.1) is 10.2 Å². The quantitative estimate of drug-likeness (QED) is 0.640. The number of amides is 1. The fourth-order valence-electron chi connectivity index (χ4n) is 3.47. The van der Waals surface area contributed by atoms with Crippen LogP contribution in [0.1, 0.15) is 12.8 Å². The standard InChI is InChI=1S/C22H19ClF2N4O/c23-16-3-1-14(2-4-16)19-7-8-21(28-27-19)29-11-9-15(10-12-29)22(30)26-20-13-17(24)5-6-18(20)25/h1-8,13,15H,9-12H2,(H,26,30). The fraction of sp³-hybridized carbons (Fsp3) is 0.227. The summed E-state index contributed by atoms with van der Waals surface area (Å²) in [6.45, 7) is 1.25. The second-order valence-corrected chi connectivity index (χ2v) is 7.59. The van der Waals surface area contributed by atoms with Crippen LogP contribution in [0, 0.1) is 17.6 Å². The van der Waals surface area contributed by atoms with Gasteiger partial charge in [0.1, 0.15) is 11.6 Å². The van der Waals surface area contributed by atoms with Crippen molar-refractivity contribution >= 4 is 29.0 Å². The first-order chi connectivity index (χ1) is 14.5. The predicted octanol–water partition coefficient (Wildman–Crippen LogP) is 4.93. The molecular weight excluding hydrogens is 410 g/mol. The minimum atomic E-state index is -0.654. The number of rotatable bonds is 4. The van der Waals surface area contributed by atoms with Crippen LogP contribution in [0.15, 0.2) is 54.6 Å². The van der Waals surface area contributed by atoms with Crippen molar-refractivity contribution in [1.29, 1.82) is 0 Å². The van der Waals surface area contributed by atoms with Gasteiger partial charge in [0.25, 0.3) is 0 Å². The fourth-order valence-corrected chi connectivity index (χ4v) is 3.59. The van der Waals surface area contributed by atoms with Gasteiger partial charge in [0, 0.05) is 35.7 Å². The van der Waals surface area contributed by atoms with Gasteiger partial charge in [0.15, 0.2) is 5.82 Å². The van der Waals surface area contributed by atoms with E-state index < -0.39 is 11.6 Å². The maximum atomic E-state index is 13.7. The Labute approximate surface area is 177 Å². The second kappa shape index (κ2) is 8.75. The molecule has 8 heteroatoms. The smallest absolute Gasteiger partial charge is 0.227 e. The lowest BCUT2D eigenvalue weighted by Crippen LogP contribution is -2.38. The number of piperidine rings is 1. The summed E-state index contributed by atoms with van der Waals surface area (Å²) >= 11 is 5.91. The Kier molecular flexibility index (Phi) is 5.90. The molecule has 3 aromatic rings. The highest BCUT2D eigenvalue weighted by molar-refractivity contribution is 6.30. The third-order valence-electron chi connectivity index (χ3n) is 5.17. The molecule has 0 atom stereocenters. The van der Waals surface area contributed by atoms with E-state index in [0.717, 1.165) is 35.3 Å². The van der Waals surface area contributed by atoms with Crippen LogP contribution in [0.3, 0.4) is 0 Å². The van der Waals surface area contributed by atoms with E-state index in [-0.39, 0.29) is 17.5 Å². The molecule has 5 nitrogen and oxygen atoms in total. The van der Waals surface area contributed by atoms with E-state index in [4.69, 9.17) is 11.6 Å². The number of carbonyl (C=O) groups is 1. The van der Waals surface area contributed by atoms with Gasteiger partial charge >= 0.3 is 0 Å². The number of carbonyl (C=O) groups excluding carboxylic acids is 1. The Bertz CT molecular complexity index is 1040. The van der Waals surface area contributed by atoms with Crippen molar-refractivity contribution in [3.8, 4) is 11.3 Å². The molecule has 1 aliphatic heterocycles. The number of nitrogens with one attached hydrogen (secondary N) is 1. The highest BCUT2D eigenvalue weighted by Crippen LogP contribution is 2.25. The molecule has 0 unspecified atom stereocenters. The SMILES string of the molecule is O=C(Nc1cc(F)ccc1F)C1CCN(c2ccc(-c3ccc(Cl)cc3)nn2)CC1. The summed E-state index contributed by atoms with van der Waals surface area (Å²) in [4.78, 5) is 14.5. The van der Waals surface area contributed by atoms with E-state index >= 15 is 0 Å². The number of halogens is 3. The second-order valence-electron chi connectivity index (χ2n) is 7.16. The third-order valence-corrected chi connectivity index (χ3v) is 5.42. The zero-order valence-electron chi connectivity index (χ0n) is 16.0. The van der Waals surface area contributed by atoms with Crippen molar-refractivity contribution in [3.63, 3.8) is 0 Å². The number of hydrogen-bond acceptors (Lipinski definition) is 4. The Morgan fingerprint density at radius 1 is 1.00 bits per heavy atom. The number of anilines is 2. The average molecular weight is 429 g/mol. The van der Waals surface area contributed by atoms with Crippen molar-refractivity contribution in [2.45, 2.75) is 12.8 Å². The number of benzene rings is 2. The summed E-state index contributed by atoms with van der Waals surface area (Å²) in [5, 5.41) is 11.8. The van der Waals surface area contributed by atoms with Crippen LogP contribution in [0.2, 0.25) is 5.02 Å². The molecule has 0 aliphatic carbocycles. The Morgan fingerprint density at radius 3 is 2.40 bits per heavy atom. The van der Waals surface area contributed by atoms with E-state index in [0.29, 0.717) is 31.0 Å². The maximum absolute atomic E-state index is 13.7. The van der Waals surface area contributed by atoms with Gasteiger partial charge in [-0.3, -0.25) is 4.79 Å². The molecule has 154 valence electrons. The molecule has 2 aromatic carbocycles. The first-order valence-corrected chi connectivity index (χ1v) is 9.98. The molecule has 1 fully saturated rings. The number of nitrogens with zero attached hydrogens (tertiary/aromatic N) is 3. The summed E-state index contributed by atoms with van der Waals surface area (Å²) < 4.78 is 27.0. The maximum Gasteiger partial charge on any atom is 0.227 e. The van der Waals surface area contributed by atoms with Crippen LogP contribution in [0.5, 0.6) is 0 Å². The van der Waals surface area contributed by atoms with Gasteiger partial charge in [-0.1, -0.05) is 23.7 Å². The Balaban J connectivity index is 1.35. The Hall–Kier alpha value is -3.06. The number of hydrogen-bond donors (Lipinski definition) is 1. The molecule has 2 heterocycles. The van der Waals surface area contributed by atoms with Crippen LogP contribution in [-0.4, -0.2) is 29.2 Å². The summed E-state index contributed by atoms with van der Waals surface area (Å²) in [5.74, 6) is -1.09. The first-order valence-electron chi connectivity index (χ1n) is 9.60. The van der Waals surface area contributed by atoms with E-state index in [9.17, 15) is 13.6 Å². The van der Waals surface area contributed by atoms with Crippen LogP contribution in [0.25, 0.3) is 11.3 Å². The summed E-state index contributed by atoms with van der Waals surface area (Å²) in [6.07, 6.45) is 1.17. The average Bonchev–Trinajstić information content (AvgIpc) is 2.77. The summed E-state index contributed by atoms with van der Waals surface area (Å²) in [6, 6.07) is 14.2. The Morgan fingerprint density at radius 2 is 1.73 bits per heavy atom. The van der Waals surface area contributed by atoms with Crippen molar-refractivity contribution < 1.29 is 13.6 Å². The number of aromatic nitrogens is 2. The molecular formula is C22H19ClF2N4O. The molecule has 1 aliphatic rings. The van der Waals surface area contributed by atoms with Gasteiger partial charge in [0.05, 0.1) is 11.4 Å². The highest BCUT2D eigenvalue weighted by Gasteiger charge is 2.26. The van der Waals surface area contributed by atoms with E-state index in [1.807, 2.05) is 24.3 Å². The first kappa shape index (κ1) is 20.2. The predicted molar refractivity (Wildman–Crippen MR) is 112 cm³/mol. The zero-order chi connectivity index (χ0) is 21.1. The van der Waals surface area contributed by atoms with E-state index in [1.54, 1.807) is 12.1 Å². The van der Waals surface area contributed by atoms with E-state index in [2.05, 4.69) is 20.4 Å². The topological polar surface area (TPSA) is 58.1 Å². The molecule has 0 radical (unpaired) electrons. The van der Waals surface area contributed by atoms with Gasteiger partial charge in [-0.25, -0.2) is 8.78 Å². The monoisotopic (exact) mass is 428 g/mol. The van der Waals surface area contributed by atoms with Gasteiger partial charge < -0.3 is 10.2 Å².